The van der Waals surface area contributed by atoms with Crippen LogP contribution in [0.2, 0.25) is 0 Å². The van der Waals surface area contributed by atoms with E-state index in [0.717, 1.165) is 33.1 Å². The monoisotopic (exact) mass is 439 g/mol. The van der Waals surface area contributed by atoms with Crippen molar-refractivity contribution in [2.75, 3.05) is 18.4 Å². The van der Waals surface area contributed by atoms with Gasteiger partial charge in [0.1, 0.15) is 5.82 Å². The first-order valence-electron chi connectivity index (χ1n) is 10.2. The van der Waals surface area contributed by atoms with Crippen LogP contribution in [0.3, 0.4) is 0 Å². The SMILES string of the molecule is CCCN(CC(=O)Nc1ccccc1C)C(=O)Cc1sc(C)nc1-c1ccc(F)cc1. The molecule has 1 aromatic heterocycles. The third kappa shape index (κ3) is 5.98. The molecule has 5 nitrogen and oxygen atoms in total. The van der Waals surface area contributed by atoms with Crippen molar-refractivity contribution < 1.29 is 14.0 Å². The van der Waals surface area contributed by atoms with E-state index in [1.54, 1.807) is 17.0 Å². The van der Waals surface area contributed by atoms with Crippen LogP contribution in [0.15, 0.2) is 48.5 Å². The predicted molar refractivity (Wildman–Crippen MR) is 123 cm³/mol. The molecule has 31 heavy (non-hydrogen) atoms. The molecule has 162 valence electrons. The predicted octanol–water partition coefficient (Wildman–Crippen LogP) is 4.99. The third-order valence-electron chi connectivity index (χ3n) is 4.83. The van der Waals surface area contributed by atoms with E-state index in [2.05, 4.69) is 10.3 Å². The standard InChI is InChI=1S/C24H26FN3O2S/c1-4-13-28(15-22(29)27-20-8-6-5-7-16(20)2)23(30)14-21-24(26-17(3)31-21)18-9-11-19(25)12-10-18/h5-12H,4,13-15H2,1-3H3,(H,27,29). The summed E-state index contributed by atoms with van der Waals surface area (Å²) in [5.74, 6) is -0.675. The van der Waals surface area contributed by atoms with E-state index in [1.165, 1.54) is 23.5 Å². The maximum Gasteiger partial charge on any atom is 0.244 e. The second-order valence-electron chi connectivity index (χ2n) is 7.37. The first-order valence-corrected chi connectivity index (χ1v) is 11.0. The Balaban J connectivity index is 1.73. The molecule has 0 radical (unpaired) electrons. The molecule has 0 atom stereocenters. The summed E-state index contributed by atoms with van der Waals surface area (Å²) >= 11 is 1.45. The molecule has 0 aliphatic carbocycles. The topological polar surface area (TPSA) is 62.3 Å². The molecule has 0 fully saturated rings. The second-order valence-corrected chi connectivity index (χ2v) is 8.65. The van der Waals surface area contributed by atoms with Crippen LogP contribution in [0, 0.1) is 19.7 Å². The van der Waals surface area contributed by atoms with Crippen LogP contribution in [0.5, 0.6) is 0 Å². The second kappa shape index (κ2) is 10.3. The number of thiazole rings is 1. The van der Waals surface area contributed by atoms with Crippen molar-refractivity contribution in [2.24, 2.45) is 0 Å². The van der Waals surface area contributed by atoms with Gasteiger partial charge in [-0.3, -0.25) is 9.59 Å². The van der Waals surface area contributed by atoms with Gasteiger partial charge in [-0.2, -0.15) is 0 Å². The van der Waals surface area contributed by atoms with Crippen molar-refractivity contribution in [1.82, 2.24) is 9.88 Å². The minimum atomic E-state index is -0.317. The summed E-state index contributed by atoms with van der Waals surface area (Å²) in [6.45, 7) is 6.26. The Kier molecular flexibility index (Phi) is 7.52. The number of nitrogens with zero attached hydrogens (tertiary/aromatic N) is 2. The van der Waals surface area contributed by atoms with Gasteiger partial charge in [-0.15, -0.1) is 11.3 Å². The summed E-state index contributed by atoms with van der Waals surface area (Å²) in [6, 6.07) is 13.6. The first kappa shape index (κ1) is 22.6. The van der Waals surface area contributed by atoms with Gasteiger partial charge >= 0.3 is 0 Å². The lowest BCUT2D eigenvalue weighted by molar-refractivity contribution is -0.134. The Morgan fingerprint density at radius 2 is 1.81 bits per heavy atom. The fourth-order valence-electron chi connectivity index (χ4n) is 3.31. The molecule has 1 heterocycles. The first-order chi connectivity index (χ1) is 14.9. The summed E-state index contributed by atoms with van der Waals surface area (Å²) < 4.78 is 13.3. The minimum Gasteiger partial charge on any atom is -0.333 e. The van der Waals surface area contributed by atoms with Crippen molar-refractivity contribution >= 4 is 28.8 Å². The van der Waals surface area contributed by atoms with Gasteiger partial charge in [0.05, 0.1) is 23.7 Å². The number of hydrogen-bond acceptors (Lipinski definition) is 4. The van der Waals surface area contributed by atoms with Gasteiger partial charge in [0.2, 0.25) is 11.8 Å². The van der Waals surface area contributed by atoms with Crippen LogP contribution < -0.4 is 5.32 Å². The van der Waals surface area contributed by atoms with Gasteiger partial charge in [0, 0.05) is 22.7 Å². The lowest BCUT2D eigenvalue weighted by atomic mass is 10.1. The largest absolute Gasteiger partial charge is 0.333 e. The van der Waals surface area contributed by atoms with E-state index in [9.17, 15) is 14.0 Å². The molecule has 0 aliphatic rings. The highest BCUT2D eigenvalue weighted by Gasteiger charge is 2.21. The van der Waals surface area contributed by atoms with Crippen LogP contribution in [-0.2, 0) is 16.0 Å². The maximum atomic E-state index is 13.3. The number of nitrogens with one attached hydrogen (secondary N) is 1. The summed E-state index contributed by atoms with van der Waals surface area (Å²) in [5, 5.41) is 3.72. The van der Waals surface area contributed by atoms with E-state index in [4.69, 9.17) is 0 Å². The zero-order chi connectivity index (χ0) is 22.4. The average molecular weight is 440 g/mol. The van der Waals surface area contributed by atoms with Gasteiger partial charge in [0.15, 0.2) is 0 Å². The summed E-state index contributed by atoms with van der Waals surface area (Å²) in [7, 11) is 0. The van der Waals surface area contributed by atoms with Crippen LogP contribution in [0.1, 0.15) is 28.8 Å². The summed E-state index contributed by atoms with van der Waals surface area (Å²) in [5.41, 5.74) is 3.17. The molecule has 2 aromatic carbocycles. The number of halogens is 1. The highest BCUT2D eigenvalue weighted by Crippen LogP contribution is 2.29. The van der Waals surface area contributed by atoms with E-state index >= 15 is 0 Å². The van der Waals surface area contributed by atoms with Crippen LogP contribution >= 0.6 is 11.3 Å². The lowest BCUT2D eigenvalue weighted by Crippen LogP contribution is -2.39. The zero-order valence-electron chi connectivity index (χ0n) is 17.9. The van der Waals surface area contributed by atoms with E-state index in [0.29, 0.717) is 12.2 Å². The number of anilines is 1. The highest BCUT2D eigenvalue weighted by atomic mass is 32.1. The Morgan fingerprint density at radius 3 is 2.48 bits per heavy atom. The van der Waals surface area contributed by atoms with Crippen molar-refractivity contribution in [3.63, 3.8) is 0 Å². The van der Waals surface area contributed by atoms with Crippen molar-refractivity contribution in [2.45, 2.75) is 33.6 Å². The van der Waals surface area contributed by atoms with Gasteiger partial charge in [-0.25, -0.2) is 9.37 Å². The Morgan fingerprint density at radius 1 is 1.10 bits per heavy atom. The number of rotatable bonds is 8. The van der Waals surface area contributed by atoms with Crippen LogP contribution in [0.4, 0.5) is 10.1 Å². The quantitative estimate of drug-likeness (QED) is 0.538. The molecular formula is C24H26FN3O2S. The maximum absolute atomic E-state index is 13.3. The number of aromatic nitrogens is 1. The smallest absolute Gasteiger partial charge is 0.244 e. The highest BCUT2D eigenvalue weighted by molar-refractivity contribution is 7.12. The molecule has 3 aromatic rings. The molecule has 0 spiro atoms. The zero-order valence-corrected chi connectivity index (χ0v) is 18.8. The third-order valence-corrected chi connectivity index (χ3v) is 5.80. The number of aryl methyl sites for hydroxylation is 2. The van der Waals surface area contributed by atoms with E-state index in [-0.39, 0.29) is 30.6 Å². The average Bonchev–Trinajstić information content (AvgIpc) is 3.10. The molecule has 0 unspecified atom stereocenters. The fourth-order valence-corrected chi connectivity index (χ4v) is 4.26. The van der Waals surface area contributed by atoms with Crippen molar-refractivity contribution in [3.05, 3.63) is 69.8 Å². The van der Waals surface area contributed by atoms with Crippen molar-refractivity contribution in [1.29, 1.82) is 0 Å². The molecule has 0 bridgehead atoms. The number of carbonyl (C=O) groups excluding carboxylic acids is 2. The molecule has 0 saturated heterocycles. The molecule has 2 amide bonds. The molecule has 0 saturated carbocycles. The summed E-state index contributed by atoms with van der Waals surface area (Å²) in [6.07, 6.45) is 0.895. The lowest BCUT2D eigenvalue weighted by Gasteiger charge is -2.22. The Bertz CT molecular complexity index is 1060. The Hall–Kier alpha value is -3.06. The molecule has 3 rings (SSSR count). The van der Waals surface area contributed by atoms with Gasteiger partial charge < -0.3 is 10.2 Å². The number of hydrogen-bond donors (Lipinski definition) is 1. The molecule has 0 aliphatic heterocycles. The minimum absolute atomic E-state index is 0.00925. The van der Waals surface area contributed by atoms with Gasteiger partial charge in [0.25, 0.3) is 0 Å². The van der Waals surface area contributed by atoms with E-state index < -0.39 is 0 Å². The van der Waals surface area contributed by atoms with E-state index in [1.807, 2.05) is 45.0 Å². The van der Waals surface area contributed by atoms with Crippen LogP contribution in [-0.4, -0.2) is 34.8 Å². The number of para-hydroxylation sites is 1. The normalized spacial score (nSPS) is 10.7. The van der Waals surface area contributed by atoms with Gasteiger partial charge in [-0.05, 0) is 56.2 Å². The molecule has 1 N–H and O–H groups in total. The van der Waals surface area contributed by atoms with Crippen LogP contribution in [0.25, 0.3) is 11.3 Å². The van der Waals surface area contributed by atoms with Crippen molar-refractivity contribution in [3.8, 4) is 11.3 Å². The number of benzene rings is 2. The Labute approximate surface area is 185 Å². The molecule has 7 heteroatoms. The molecular weight excluding hydrogens is 413 g/mol. The number of carbonyl (C=O) groups is 2. The summed E-state index contributed by atoms with van der Waals surface area (Å²) in [4.78, 5) is 32.6. The fraction of sp³-hybridized carbons (Fsp3) is 0.292. The van der Waals surface area contributed by atoms with Gasteiger partial charge in [-0.1, -0.05) is 25.1 Å². The number of amides is 2.